The predicted octanol–water partition coefficient (Wildman–Crippen LogP) is 3.47. The summed E-state index contributed by atoms with van der Waals surface area (Å²) in [5, 5.41) is 19.6. The minimum Gasteiger partial charge on any atom is -0.508 e. The number of aromatic hydroxyl groups is 1. The van der Waals surface area contributed by atoms with Crippen LogP contribution in [0.25, 0.3) is 10.8 Å². The van der Waals surface area contributed by atoms with Gasteiger partial charge in [0.2, 0.25) is 0 Å². The Hall–Kier alpha value is -2.31. The zero-order chi connectivity index (χ0) is 13.5. The fourth-order valence-electron chi connectivity index (χ4n) is 1.75. The van der Waals surface area contributed by atoms with Crippen LogP contribution in [0.3, 0.4) is 0 Å². The van der Waals surface area contributed by atoms with E-state index in [2.05, 4.69) is 0 Å². The molecular formula is C11H6F3NO3. The fourth-order valence-corrected chi connectivity index (χ4v) is 1.75. The number of rotatable bonds is 1. The maximum Gasteiger partial charge on any atom is 0.423 e. The summed E-state index contributed by atoms with van der Waals surface area (Å²) < 4.78 is 38.7. The van der Waals surface area contributed by atoms with Crippen LogP contribution in [0.1, 0.15) is 5.56 Å². The van der Waals surface area contributed by atoms with Gasteiger partial charge in [-0.3, -0.25) is 10.1 Å². The number of fused-ring (bicyclic) bond motifs is 1. The van der Waals surface area contributed by atoms with Crippen LogP contribution in [0, 0.1) is 10.1 Å². The highest BCUT2D eigenvalue weighted by molar-refractivity contribution is 5.90. The largest absolute Gasteiger partial charge is 0.508 e. The van der Waals surface area contributed by atoms with Crippen LogP contribution >= 0.6 is 0 Å². The molecule has 2 rings (SSSR count). The Morgan fingerprint density at radius 1 is 1.17 bits per heavy atom. The van der Waals surface area contributed by atoms with E-state index in [1.807, 2.05) is 0 Å². The molecule has 94 valence electrons. The van der Waals surface area contributed by atoms with Gasteiger partial charge in [-0.1, -0.05) is 6.07 Å². The molecule has 4 nitrogen and oxygen atoms in total. The van der Waals surface area contributed by atoms with Crippen molar-refractivity contribution in [3.05, 3.63) is 46.0 Å². The van der Waals surface area contributed by atoms with Gasteiger partial charge in [-0.25, -0.2) is 0 Å². The van der Waals surface area contributed by atoms with Crippen molar-refractivity contribution < 1.29 is 23.2 Å². The number of nitro groups is 1. The molecule has 0 saturated heterocycles. The molecule has 0 bridgehead atoms. The number of phenolic OH excluding ortho intramolecular Hbond substituents is 1. The van der Waals surface area contributed by atoms with Gasteiger partial charge in [-0.05, 0) is 23.6 Å². The summed E-state index contributed by atoms with van der Waals surface area (Å²) in [6, 6.07) is 5.37. The molecule has 0 fully saturated rings. The molecule has 0 aliphatic rings. The molecule has 0 aliphatic carbocycles. The van der Waals surface area contributed by atoms with Gasteiger partial charge in [0.05, 0.1) is 4.92 Å². The van der Waals surface area contributed by atoms with Gasteiger partial charge < -0.3 is 5.11 Å². The Morgan fingerprint density at radius 2 is 1.78 bits per heavy atom. The van der Waals surface area contributed by atoms with Gasteiger partial charge in [0, 0.05) is 11.5 Å². The monoisotopic (exact) mass is 257 g/mol. The molecule has 0 aromatic heterocycles. The van der Waals surface area contributed by atoms with Crippen molar-refractivity contribution in [1.29, 1.82) is 0 Å². The second-order valence-corrected chi connectivity index (χ2v) is 3.62. The summed E-state index contributed by atoms with van der Waals surface area (Å²) in [4.78, 5) is 9.55. The molecule has 2 aromatic rings. The van der Waals surface area contributed by atoms with Gasteiger partial charge >= 0.3 is 6.18 Å². The average molecular weight is 257 g/mol. The van der Waals surface area contributed by atoms with E-state index in [0.29, 0.717) is 0 Å². The van der Waals surface area contributed by atoms with Gasteiger partial charge in [-0.15, -0.1) is 0 Å². The molecular weight excluding hydrogens is 251 g/mol. The quantitative estimate of drug-likeness (QED) is 0.628. The van der Waals surface area contributed by atoms with Crippen LogP contribution in [0.2, 0.25) is 0 Å². The molecule has 0 amide bonds. The molecule has 0 aliphatic heterocycles. The zero-order valence-corrected chi connectivity index (χ0v) is 8.73. The number of hydrogen-bond acceptors (Lipinski definition) is 3. The van der Waals surface area contributed by atoms with Crippen LogP contribution in [0.15, 0.2) is 30.3 Å². The molecule has 2 aromatic carbocycles. The van der Waals surface area contributed by atoms with E-state index in [-0.39, 0.29) is 11.1 Å². The minimum atomic E-state index is -4.87. The van der Waals surface area contributed by atoms with Crippen molar-refractivity contribution in [2.75, 3.05) is 0 Å². The van der Waals surface area contributed by atoms with Crippen molar-refractivity contribution in [1.82, 2.24) is 0 Å². The van der Waals surface area contributed by atoms with Gasteiger partial charge in [0.15, 0.2) is 0 Å². The smallest absolute Gasteiger partial charge is 0.423 e. The SMILES string of the molecule is O=[N+]([O-])c1ccc2ccc(O)cc2c1C(F)(F)F. The lowest BCUT2D eigenvalue weighted by atomic mass is 10.0. The molecule has 18 heavy (non-hydrogen) atoms. The predicted molar refractivity (Wildman–Crippen MR) is 57.3 cm³/mol. The van der Waals surface area contributed by atoms with Crippen LogP contribution < -0.4 is 0 Å². The zero-order valence-electron chi connectivity index (χ0n) is 8.73. The maximum atomic E-state index is 12.9. The molecule has 0 unspecified atom stereocenters. The van der Waals surface area contributed by atoms with Crippen LogP contribution in [-0.4, -0.2) is 10.0 Å². The molecule has 0 heterocycles. The summed E-state index contributed by atoms with van der Waals surface area (Å²) in [5.41, 5.74) is -2.37. The van der Waals surface area contributed by atoms with Gasteiger partial charge in [0.1, 0.15) is 11.3 Å². The molecule has 0 radical (unpaired) electrons. The van der Waals surface area contributed by atoms with E-state index < -0.39 is 27.7 Å². The van der Waals surface area contributed by atoms with E-state index in [0.717, 1.165) is 12.1 Å². The first-order chi connectivity index (χ1) is 8.30. The summed E-state index contributed by atoms with van der Waals surface area (Å²) in [6.45, 7) is 0. The number of phenols is 1. The van der Waals surface area contributed by atoms with E-state index >= 15 is 0 Å². The van der Waals surface area contributed by atoms with Crippen molar-refractivity contribution in [2.45, 2.75) is 6.18 Å². The Labute approximate surface area is 98.4 Å². The van der Waals surface area contributed by atoms with Gasteiger partial charge in [-0.2, -0.15) is 13.2 Å². The number of nitro benzene ring substituents is 1. The highest BCUT2D eigenvalue weighted by Crippen LogP contribution is 2.41. The van der Waals surface area contributed by atoms with Crippen LogP contribution in [-0.2, 0) is 6.18 Å². The van der Waals surface area contributed by atoms with Crippen molar-refractivity contribution in [2.24, 2.45) is 0 Å². The van der Waals surface area contributed by atoms with Crippen LogP contribution in [0.4, 0.5) is 18.9 Å². The third kappa shape index (κ3) is 1.94. The second kappa shape index (κ2) is 3.86. The topological polar surface area (TPSA) is 63.4 Å². The Bertz CT molecular complexity index is 637. The summed E-state index contributed by atoms with van der Waals surface area (Å²) in [5.74, 6) is -0.381. The minimum absolute atomic E-state index is 0.172. The van der Waals surface area contributed by atoms with Gasteiger partial charge in [0.25, 0.3) is 5.69 Å². The maximum absolute atomic E-state index is 12.9. The summed E-state index contributed by atoms with van der Waals surface area (Å²) >= 11 is 0. The van der Waals surface area contributed by atoms with Crippen molar-refractivity contribution >= 4 is 16.5 Å². The second-order valence-electron chi connectivity index (χ2n) is 3.62. The van der Waals surface area contributed by atoms with E-state index in [4.69, 9.17) is 0 Å². The standard InChI is InChI=1S/C11H6F3NO3/c12-11(13,14)10-8-5-7(16)3-1-6(8)2-4-9(10)15(17)18/h1-5,16H. The molecule has 0 spiro atoms. The number of hydrogen-bond donors (Lipinski definition) is 1. The lowest BCUT2D eigenvalue weighted by Gasteiger charge is -2.11. The molecule has 1 N–H and O–H groups in total. The first-order valence-corrected chi connectivity index (χ1v) is 4.78. The number of halogens is 3. The number of benzene rings is 2. The summed E-state index contributed by atoms with van der Waals surface area (Å²) in [6.07, 6.45) is -4.87. The third-order valence-corrected chi connectivity index (χ3v) is 2.46. The van der Waals surface area contributed by atoms with E-state index in [9.17, 15) is 28.4 Å². The molecule has 0 atom stereocenters. The van der Waals surface area contributed by atoms with Crippen molar-refractivity contribution in [3.8, 4) is 5.75 Å². The summed E-state index contributed by atoms with van der Waals surface area (Å²) in [7, 11) is 0. The first-order valence-electron chi connectivity index (χ1n) is 4.78. The Kier molecular flexibility index (Phi) is 2.61. The van der Waals surface area contributed by atoms with Crippen LogP contribution in [0.5, 0.6) is 5.75 Å². The highest BCUT2D eigenvalue weighted by atomic mass is 19.4. The highest BCUT2D eigenvalue weighted by Gasteiger charge is 2.40. The average Bonchev–Trinajstić information content (AvgIpc) is 2.25. The first kappa shape index (κ1) is 12.2. The molecule has 7 heteroatoms. The number of alkyl halides is 3. The lowest BCUT2D eigenvalue weighted by Crippen LogP contribution is -2.09. The molecule has 0 saturated carbocycles. The Morgan fingerprint density at radius 3 is 2.33 bits per heavy atom. The fraction of sp³-hybridized carbons (Fsp3) is 0.0909. The van der Waals surface area contributed by atoms with Crippen molar-refractivity contribution in [3.63, 3.8) is 0 Å². The normalized spacial score (nSPS) is 11.7. The third-order valence-electron chi connectivity index (χ3n) is 2.46. The van der Waals surface area contributed by atoms with E-state index in [1.54, 1.807) is 0 Å². The van der Waals surface area contributed by atoms with E-state index in [1.165, 1.54) is 18.2 Å². The number of nitrogens with zero attached hydrogens (tertiary/aromatic N) is 1. The lowest BCUT2D eigenvalue weighted by molar-refractivity contribution is -0.387. The Balaban J connectivity index is 2.93.